The largest absolute Gasteiger partial charge is 0.481 e. The highest BCUT2D eigenvalue weighted by Gasteiger charge is 1.97. The monoisotopic (exact) mass is 269 g/mol. The molecular formula is C11H21Cl2NO2. The average molecular weight is 270 g/mol. The molecule has 0 spiro atoms. The number of nitrogens with zero attached hydrogens (tertiary/aromatic N) is 1. The fraction of sp³-hybridized carbons (Fsp3) is 0.909. The molecule has 96 valence electrons. The third-order valence-electron chi connectivity index (χ3n) is 2.47. The quantitative estimate of drug-likeness (QED) is 0.452. The maximum atomic E-state index is 10.2. The van der Waals surface area contributed by atoms with Crippen molar-refractivity contribution in [3.63, 3.8) is 0 Å². The molecular weight excluding hydrogens is 249 g/mol. The molecule has 0 saturated heterocycles. The Kier molecular flexibility index (Phi) is 11.5. The van der Waals surface area contributed by atoms with Gasteiger partial charge in [-0.15, -0.1) is 3.94 Å². The predicted octanol–water partition coefficient (Wildman–Crippen LogP) is 4.19. The van der Waals surface area contributed by atoms with E-state index in [-0.39, 0.29) is 0 Å². The highest BCUT2D eigenvalue weighted by atomic mass is 35.5. The second kappa shape index (κ2) is 11.5. The average Bonchev–Trinajstić information content (AvgIpc) is 2.20. The van der Waals surface area contributed by atoms with Gasteiger partial charge in [0.2, 0.25) is 0 Å². The third-order valence-corrected chi connectivity index (χ3v) is 2.81. The first kappa shape index (κ1) is 16.0. The van der Waals surface area contributed by atoms with Gasteiger partial charge in [-0.25, -0.2) is 0 Å². The number of hydrogen-bond acceptors (Lipinski definition) is 2. The van der Waals surface area contributed by atoms with Gasteiger partial charge in [0.1, 0.15) is 0 Å². The molecule has 1 N–H and O–H groups in total. The topological polar surface area (TPSA) is 40.5 Å². The fourth-order valence-electron chi connectivity index (χ4n) is 1.57. The minimum atomic E-state index is -0.688. The van der Waals surface area contributed by atoms with Crippen LogP contribution in [0.1, 0.15) is 57.8 Å². The smallest absolute Gasteiger partial charge is 0.303 e. The molecule has 0 atom stereocenters. The third kappa shape index (κ3) is 14.0. The second-order valence-electron chi connectivity index (χ2n) is 4.00. The Morgan fingerprint density at radius 1 is 0.875 bits per heavy atom. The number of carboxylic acids is 1. The van der Waals surface area contributed by atoms with E-state index in [1.54, 1.807) is 0 Å². The van der Waals surface area contributed by atoms with Crippen LogP contribution in [0.25, 0.3) is 0 Å². The lowest BCUT2D eigenvalue weighted by Gasteiger charge is -2.03. The van der Waals surface area contributed by atoms with Crippen LogP contribution in [0.2, 0.25) is 0 Å². The van der Waals surface area contributed by atoms with Crippen LogP contribution in [0.15, 0.2) is 0 Å². The van der Waals surface area contributed by atoms with Crippen molar-refractivity contribution in [3.05, 3.63) is 0 Å². The molecule has 0 aromatic carbocycles. The molecule has 0 rings (SSSR count). The Morgan fingerprint density at radius 2 is 1.31 bits per heavy atom. The van der Waals surface area contributed by atoms with Gasteiger partial charge >= 0.3 is 5.97 Å². The summed E-state index contributed by atoms with van der Waals surface area (Å²) in [7, 11) is 0. The van der Waals surface area contributed by atoms with Crippen molar-refractivity contribution in [2.45, 2.75) is 57.8 Å². The minimum Gasteiger partial charge on any atom is -0.481 e. The Hall–Kier alpha value is 0.01000. The van der Waals surface area contributed by atoms with Crippen molar-refractivity contribution in [2.24, 2.45) is 0 Å². The van der Waals surface area contributed by atoms with Gasteiger partial charge in [0, 0.05) is 13.0 Å². The highest BCUT2D eigenvalue weighted by Crippen LogP contribution is 2.10. The van der Waals surface area contributed by atoms with Gasteiger partial charge in [0.15, 0.2) is 0 Å². The van der Waals surface area contributed by atoms with Gasteiger partial charge in [-0.1, -0.05) is 38.5 Å². The zero-order chi connectivity index (χ0) is 12.2. The van der Waals surface area contributed by atoms with Gasteiger partial charge in [-0.05, 0) is 36.4 Å². The first-order valence-electron chi connectivity index (χ1n) is 5.94. The molecule has 0 aliphatic carbocycles. The summed E-state index contributed by atoms with van der Waals surface area (Å²) in [5.41, 5.74) is 0. The summed E-state index contributed by atoms with van der Waals surface area (Å²) in [6.07, 6.45) is 9.11. The Bertz CT molecular complexity index is 177. The lowest BCUT2D eigenvalue weighted by atomic mass is 10.1. The zero-order valence-electron chi connectivity index (χ0n) is 9.63. The molecule has 0 saturated carbocycles. The molecule has 0 aromatic heterocycles. The highest BCUT2D eigenvalue weighted by molar-refractivity contribution is 6.33. The Labute approximate surface area is 108 Å². The van der Waals surface area contributed by atoms with E-state index >= 15 is 0 Å². The predicted molar refractivity (Wildman–Crippen MR) is 67.6 cm³/mol. The van der Waals surface area contributed by atoms with Gasteiger partial charge in [-0.3, -0.25) is 4.79 Å². The molecule has 0 fully saturated rings. The number of carbonyl (C=O) groups is 1. The van der Waals surface area contributed by atoms with Crippen molar-refractivity contribution in [1.82, 2.24) is 3.94 Å². The summed E-state index contributed by atoms with van der Waals surface area (Å²) in [4.78, 5) is 10.2. The maximum Gasteiger partial charge on any atom is 0.303 e. The molecule has 0 radical (unpaired) electrons. The molecule has 0 bridgehead atoms. The van der Waals surface area contributed by atoms with Crippen LogP contribution >= 0.6 is 23.6 Å². The molecule has 0 amide bonds. The lowest BCUT2D eigenvalue weighted by molar-refractivity contribution is -0.137. The molecule has 0 aromatic rings. The van der Waals surface area contributed by atoms with E-state index in [9.17, 15) is 4.79 Å². The van der Waals surface area contributed by atoms with Crippen LogP contribution in [0.4, 0.5) is 0 Å². The molecule has 0 unspecified atom stereocenters. The molecule has 0 heterocycles. The van der Waals surface area contributed by atoms with Crippen molar-refractivity contribution in [1.29, 1.82) is 0 Å². The normalized spacial score (nSPS) is 10.9. The standard InChI is InChI=1S/C11H21Cl2NO2/c12-14(13)10-8-6-4-2-1-3-5-7-9-11(15)16/h1-10H2,(H,15,16). The van der Waals surface area contributed by atoms with Gasteiger partial charge in [0.05, 0.1) is 0 Å². The summed E-state index contributed by atoms with van der Waals surface area (Å²) in [5, 5.41) is 8.43. The molecule has 16 heavy (non-hydrogen) atoms. The van der Waals surface area contributed by atoms with Crippen LogP contribution in [0.3, 0.4) is 0 Å². The summed E-state index contributed by atoms with van der Waals surface area (Å²) >= 11 is 10.9. The zero-order valence-corrected chi connectivity index (χ0v) is 11.1. The van der Waals surface area contributed by atoms with E-state index in [1.165, 1.54) is 23.2 Å². The van der Waals surface area contributed by atoms with E-state index in [4.69, 9.17) is 28.7 Å². The van der Waals surface area contributed by atoms with Crippen LogP contribution in [-0.2, 0) is 4.79 Å². The van der Waals surface area contributed by atoms with E-state index < -0.39 is 5.97 Å². The number of rotatable bonds is 11. The molecule has 0 aliphatic rings. The van der Waals surface area contributed by atoms with Crippen LogP contribution in [0, 0.1) is 0 Å². The first-order valence-corrected chi connectivity index (χ1v) is 6.61. The number of halogens is 2. The number of aliphatic carboxylic acids is 1. The molecule has 0 aliphatic heterocycles. The Balaban J connectivity index is 2.96. The first-order chi connectivity index (χ1) is 7.63. The van der Waals surface area contributed by atoms with E-state index in [1.807, 2.05) is 0 Å². The van der Waals surface area contributed by atoms with Crippen LogP contribution < -0.4 is 0 Å². The van der Waals surface area contributed by atoms with Crippen LogP contribution in [0.5, 0.6) is 0 Å². The Morgan fingerprint density at radius 3 is 1.75 bits per heavy atom. The summed E-state index contributed by atoms with van der Waals surface area (Å²) in [6.45, 7) is 0.724. The van der Waals surface area contributed by atoms with Gasteiger partial charge in [0.25, 0.3) is 0 Å². The summed E-state index contributed by atoms with van der Waals surface area (Å²) in [5.74, 6) is -0.688. The van der Waals surface area contributed by atoms with Crippen molar-refractivity contribution >= 4 is 29.5 Å². The van der Waals surface area contributed by atoms with E-state index in [0.29, 0.717) is 6.42 Å². The SMILES string of the molecule is O=C(O)CCCCCCCCCCN(Cl)Cl. The number of hydrogen-bond donors (Lipinski definition) is 1. The van der Waals surface area contributed by atoms with Crippen molar-refractivity contribution in [3.8, 4) is 0 Å². The second-order valence-corrected chi connectivity index (χ2v) is 4.99. The summed E-state index contributed by atoms with van der Waals surface area (Å²) < 4.78 is 1.17. The van der Waals surface area contributed by atoms with Crippen LogP contribution in [-0.4, -0.2) is 21.6 Å². The minimum absolute atomic E-state index is 0.307. The van der Waals surface area contributed by atoms with E-state index in [2.05, 4.69) is 0 Å². The summed E-state index contributed by atoms with van der Waals surface area (Å²) in [6, 6.07) is 0. The molecule has 5 heteroatoms. The van der Waals surface area contributed by atoms with Crippen molar-refractivity contribution in [2.75, 3.05) is 6.54 Å². The van der Waals surface area contributed by atoms with Crippen molar-refractivity contribution < 1.29 is 9.90 Å². The lowest BCUT2D eigenvalue weighted by Crippen LogP contribution is -1.99. The number of carboxylic acid groups (broad SMARTS) is 1. The molecule has 3 nitrogen and oxygen atoms in total. The fourth-order valence-corrected chi connectivity index (χ4v) is 1.81. The number of unbranched alkanes of at least 4 members (excludes halogenated alkanes) is 7. The van der Waals surface area contributed by atoms with Gasteiger partial charge < -0.3 is 5.11 Å². The van der Waals surface area contributed by atoms with Gasteiger partial charge in [-0.2, -0.15) is 0 Å². The maximum absolute atomic E-state index is 10.2. The van der Waals surface area contributed by atoms with E-state index in [0.717, 1.165) is 38.6 Å².